The number of fused-ring (bicyclic) bond motifs is 1. The SMILES string of the molecule is CCCCCCCCSc1ccc(-n2nc3ccccc3n2)c(O)c1. The molecule has 0 aliphatic heterocycles. The second kappa shape index (κ2) is 8.90. The molecule has 2 aromatic carbocycles. The van der Waals surface area contributed by atoms with Crippen LogP contribution in [0.2, 0.25) is 0 Å². The number of thioether (sulfide) groups is 1. The number of nitrogens with zero attached hydrogens (tertiary/aromatic N) is 3. The van der Waals surface area contributed by atoms with Gasteiger partial charge in [-0.15, -0.1) is 26.8 Å². The van der Waals surface area contributed by atoms with E-state index >= 15 is 0 Å². The Labute approximate surface area is 153 Å². The lowest BCUT2D eigenvalue weighted by Crippen LogP contribution is -1.98. The van der Waals surface area contributed by atoms with Crippen molar-refractivity contribution in [1.82, 2.24) is 15.0 Å². The molecule has 0 atom stereocenters. The van der Waals surface area contributed by atoms with Crippen LogP contribution in [0.15, 0.2) is 47.4 Å². The Morgan fingerprint density at radius 3 is 2.28 bits per heavy atom. The molecule has 3 rings (SSSR count). The van der Waals surface area contributed by atoms with Crippen molar-refractivity contribution in [2.24, 2.45) is 0 Å². The second-order valence-electron chi connectivity index (χ2n) is 6.24. The van der Waals surface area contributed by atoms with E-state index in [0.29, 0.717) is 5.69 Å². The van der Waals surface area contributed by atoms with Crippen molar-refractivity contribution in [2.75, 3.05) is 5.75 Å². The summed E-state index contributed by atoms with van der Waals surface area (Å²) in [6, 6.07) is 13.4. The van der Waals surface area contributed by atoms with Gasteiger partial charge in [-0.3, -0.25) is 0 Å². The third-order valence-corrected chi connectivity index (χ3v) is 5.30. The number of hydrogen-bond donors (Lipinski definition) is 1. The largest absolute Gasteiger partial charge is 0.506 e. The summed E-state index contributed by atoms with van der Waals surface area (Å²) in [4.78, 5) is 2.59. The van der Waals surface area contributed by atoms with Crippen molar-refractivity contribution in [1.29, 1.82) is 0 Å². The van der Waals surface area contributed by atoms with Crippen LogP contribution in [-0.2, 0) is 0 Å². The third-order valence-electron chi connectivity index (χ3n) is 4.22. The second-order valence-corrected chi connectivity index (χ2v) is 7.41. The third kappa shape index (κ3) is 4.75. The lowest BCUT2D eigenvalue weighted by molar-refractivity contribution is 0.466. The van der Waals surface area contributed by atoms with Gasteiger partial charge in [0.1, 0.15) is 22.5 Å². The van der Waals surface area contributed by atoms with Crippen LogP contribution in [0.1, 0.15) is 45.4 Å². The molecule has 0 aliphatic carbocycles. The molecule has 0 saturated heterocycles. The van der Waals surface area contributed by atoms with Gasteiger partial charge in [0.25, 0.3) is 0 Å². The number of hydrogen-bond acceptors (Lipinski definition) is 4. The van der Waals surface area contributed by atoms with Crippen molar-refractivity contribution in [2.45, 2.75) is 50.3 Å². The molecule has 0 saturated carbocycles. The van der Waals surface area contributed by atoms with Crippen LogP contribution >= 0.6 is 11.8 Å². The Morgan fingerprint density at radius 2 is 1.60 bits per heavy atom. The number of rotatable bonds is 9. The van der Waals surface area contributed by atoms with Gasteiger partial charge in [-0.05, 0) is 42.5 Å². The van der Waals surface area contributed by atoms with Crippen LogP contribution in [-0.4, -0.2) is 25.9 Å². The lowest BCUT2D eigenvalue weighted by atomic mass is 10.1. The Bertz CT molecular complexity index is 783. The minimum absolute atomic E-state index is 0.216. The van der Waals surface area contributed by atoms with Gasteiger partial charge >= 0.3 is 0 Å². The topological polar surface area (TPSA) is 50.9 Å². The van der Waals surface area contributed by atoms with Crippen molar-refractivity contribution in [3.8, 4) is 11.4 Å². The molecule has 5 heteroatoms. The van der Waals surface area contributed by atoms with E-state index in [1.54, 1.807) is 11.8 Å². The van der Waals surface area contributed by atoms with E-state index in [4.69, 9.17) is 0 Å². The number of unbranched alkanes of at least 4 members (excludes halogenated alkanes) is 5. The van der Waals surface area contributed by atoms with E-state index in [9.17, 15) is 5.11 Å². The molecule has 4 nitrogen and oxygen atoms in total. The fourth-order valence-corrected chi connectivity index (χ4v) is 3.75. The van der Waals surface area contributed by atoms with Crippen molar-refractivity contribution in [3.63, 3.8) is 0 Å². The highest BCUT2D eigenvalue weighted by atomic mass is 32.2. The van der Waals surface area contributed by atoms with Gasteiger partial charge in [0, 0.05) is 4.90 Å². The van der Waals surface area contributed by atoms with Gasteiger partial charge in [0.05, 0.1) is 0 Å². The van der Waals surface area contributed by atoms with E-state index in [1.807, 2.05) is 42.5 Å². The van der Waals surface area contributed by atoms with Gasteiger partial charge < -0.3 is 5.11 Å². The summed E-state index contributed by atoms with van der Waals surface area (Å²) in [5.74, 6) is 1.31. The van der Waals surface area contributed by atoms with Crippen LogP contribution in [0.5, 0.6) is 5.75 Å². The molecule has 0 spiro atoms. The maximum atomic E-state index is 10.4. The minimum atomic E-state index is 0.216. The summed E-state index contributed by atoms with van der Waals surface area (Å²) in [6.45, 7) is 2.24. The highest BCUT2D eigenvalue weighted by Gasteiger charge is 2.09. The molecule has 0 amide bonds. The molecule has 1 N–H and O–H groups in total. The first-order valence-electron chi connectivity index (χ1n) is 9.06. The van der Waals surface area contributed by atoms with Gasteiger partial charge in [-0.25, -0.2) is 0 Å². The molecule has 0 aliphatic rings. The molecular formula is C20H25N3OS. The van der Waals surface area contributed by atoms with Gasteiger partial charge in [0.15, 0.2) is 0 Å². The van der Waals surface area contributed by atoms with Crippen molar-refractivity contribution >= 4 is 22.8 Å². The monoisotopic (exact) mass is 355 g/mol. The predicted molar refractivity (Wildman–Crippen MR) is 105 cm³/mol. The first-order chi connectivity index (χ1) is 12.3. The number of benzene rings is 2. The summed E-state index contributed by atoms with van der Waals surface area (Å²) in [5.41, 5.74) is 2.26. The van der Waals surface area contributed by atoms with Crippen molar-refractivity contribution in [3.05, 3.63) is 42.5 Å². The fourth-order valence-electron chi connectivity index (χ4n) is 2.80. The normalized spacial score (nSPS) is 11.2. The highest BCUT2D eigenvalue weighted by molar-refractivity contribution is 7.99. The van der Waals surface area contributed by atoms with Crippen LogP contribution in [0.3, 0.4) is 0 Å². The number of phenols is 1. The number of phenolic OH excluding ortho intramolecular Hbond substituents is 1. The zero-order valence-corrected chi connectivity index (χ0v) is 15.5. The summed E-state index contributed by atoms with van der Waals surface area (Å²) in [6.07, 6.45) is 7.84. The first-order valence-corrected chi connectivity index (χ1v) is 10.0. The zero-order chi connectivity index (χ0) is 17.5. The fraction of sp³-hybridized carbons (Fsp3) is 0.400. The minimum Gasteiger partial charge on any atom is -0.506 e. The molecule has 25 heavy (non-hydrogen) atoms. The molecule has 1 heterocycles. The van der Waals surface area contributed by atoms with E-state index in [2.05, 4.69) is 17.1 Å². The summed E-state index contributed by atoms with van der Waals surface area (Å²) < 4.78 is 0. The summed E-state index contributed by atoms with van der Waals surface area (Å²) in [7, 11) is 0. The lowest BCUT2D eigenvalue weighted by Gasteiger charge is -2.06. The van der Waals surface area contributed by atoms with E-state index in [-0.39, 0.29) is 5.75 Å². The molecule has 0 unspecified atom stereocenters. The van der Waals surface area contributed by atoms with E-state index in [0.717, 1.165) is 21.7 Å². The molecule has 0 radical (unpaired) electrons. The van der Waals surface area contributed by atoms with Crippen LogP contribution in [0, 0.1) is 0 Å². The van der Waals surface area contributed by atoms with E-state index < -0.39 is 0 Å². The Hall–Kier alpha value is -2.01. The maximum Gasteiger partial charge on any atom is 0.144 e. The van der Waals surface area contributed by atoms with Crippen LogP contribution in [0.25, 0.3) is 16.7 Å². The summed E-state index contributed by atoms with van der Waals surface area (Å²) >= 11 is 1.80. The van der Waals surface area contributed by atoms with Crippen molar-refractivity contribution < 1.29 is 5.11 Å². The maximum absolute atomic E-state index is 10.4. The van der Waals surface area contributed by atoms with E-state index in [1.165, 1.54) is 43.3 Å². The highest BCUT2D eigenvalue weighted by Crippen LogP contribution is 2.29. The van der Waals surface area contributed by atoms with Gasteiger partial charge in [-0.1, -0.05) is 51.2 Å². The molecule has 132 valence electrons. The molecule has 0 fully saturated rings. The molecule has 1 aromatic heterocycles. The standard InChI is InChI=1S/C20H25N3OS/c1-2-3-4-5-6-9-14-25-16-12-13-19(20(24)15-16)23-21-17-10-7-8-11-18(17)22-23/h7-8,10-13,15,24H,2-6,9,14H2,1H3. The Balaban J connectivity index is 1.57. The predicted octanol–water partition coefficient (Wildman–Crippen LogP) is 5.58. The molecule has 3 aromatic rings. The average molecular weight is 356 g/mol. The smallest absolute Gasteiger partial charge is 0.144 e. The van der Waals surface area contributed by atoms with Crippen LogP contribution < -0.4 is 0 Å². The summed E-state index contributed by atoms with van der Waals surface area (Å²) in [5, 5.41) is 19.2. The molecular weight excluding hydrogens is 330 g/mol. The number of aromatic hydroxyl groups is 1. The Kier molecular flexibility index (Phi) is 6.34. The van der Waals surface area contributed by atoms with Gasteiger partial charge in [0.2, 0.25) is 0 Å². The van der Waals surface area contributed by atoms with Gasteiger partial charge in [-0.2, -0.15) is 0 Å². The zero-order valence-electron chi connectivity index (χ0n) is 14.7. The molecule has 0 bridgehead atoms. The number of aromatic nitrogens is 3. The van der Waals surface area contributed by atoms with Crippen LogP contribution in [0.4, 0.5) is 0 Å². The Morgan fingerprint density at radius 1 is 0.920 bits per heavy atom. The first kappa shape index (κ1) is 17.8. The average Bonchev–Trinajstić information content (AvgIpc) is 3.05. The quantitative estimate of drug-likeness (QED) is 0.402.